The summed E-state index contributed by atoms with van der Waals surface area (Å²) in [5, 5.41) is 0. The third-order valence-electron chi connectivity index (χ3n) is 3.22. The molecule has 2 radical (unpaired) electrons. The fraction of sp³-hybridized carbons (Fsp3) is 0.143. The van der Waals surface area contributed by atoms with Crippen molar-refractivity contribution in [3.63, 3.8) is 0 Å². The lowest BCUT2D eigenvalue weighted by atomic mass is 9.78. The lowest BCUT2D eigenvalue weighted by Gasteiger charge is -2.09. The maximum Gasteiger partial charge on any atom is 0.0828 e. The molecule has 70 valence electrons. The second-order valence-corrected chi connectivity index (χ2v) is 4.10. The van der Waals surface area contributed by atoms with Crippen LogP contribution in [0.2, 0.25) is 0 Å². The zero-order valence-electron chi connectivity index (χ0n) is 8.70. The monoisotopic (exact) mass is 190 g/mol. The predicted molar refractivity (Wildman–Crippen MR) is 64.2 cm³/mol. The summed E-state index contributed by atoms with van der Waals surface area (Å²) >= 11 is 0. The molecule has 15 heavy (non-hydrogen) atoms. The van der Waals surface area contributed by atoms with Crippen LogP contribution in [0.25, 0.3) is 11.1 Å². The normalized spacial score (nSPS) is 17.3. The summed E-state index contributed by atoms with van der Waals surface area (Å²) in [5.74, 6) is 0.0531. The van der Waals surface area contributed by atoms with Gasteiger partial charge >= 0.3 is 0 Å². The standard InChI is InChI=1S/C14H11B/c1-9-5-4-8-11-10-6-2-3-7-12(10)14(15)13(9)11/h2-8,14H,1H3. The molecule has 0 fully saturated rings. The largest absolute Gasteiger partial charge is 0.0828 e. The van der Waals surface area contributed by atoms with E-state index in [0.717, 1.165) is 0 Å². The molecule has 1 heteroatoms. The average Bonchev–Trinajstić information content (AvgIpc) is 2.55. The van der Waals surface area contributed by atoms with E-state index in [2.05, 4.69) is 49.4 Å². The van der Waals surface area contributed by atoms with Crippen molar-refractivity contribution in [2.24, 2.45) is 0 Å². The molecule has 2 aromatic rings. The Morgan fingerprint density at radius 3 is 2.53 bits per heavy atom. The Bertz CT molecular complexity index is 529. The quantitative estimate of drug-likeness (QED) is 0.559. The van der Waals surface area contributed by atoms with Crippen molar-refractivity contribution in [3.8, 4) is 11.1 Å². The molecule has 0 amide bonds. The van der Waals surface area contributed by atoms with Gasteiger partial charge in [0.2, 0.25) is 0 Å². The Balaban J connectivity index is 2.37. The predicted octanol–water partition coefficient (Wildman–Crippen LogP) is 3.23. The summed E-state index contributed by atoms with van der Waals surface area (Å²) < 4.78 is 0. The van der Waals surface area contributed by atoms with Crippen LogP contribution in [0.1, 0.15) is 22.5 Å². The molecule has 1 aliphatic rings. The van der Waals surface area contributed by atoms with E-state index in [1.54, 1.807) is 0 Å². The molecule has 3 rings (SSSR count). The molecule has 0 nitrogen and oxygen atoms in total. The third-order valence-corrected chi connectivity index (χ3v) is 3.22. The molecule has 0 aliphatic heterocycles. The minimum absolute atomic E-state index is 0.0531. The van der Waals surface area contributed by atoms with Gasteiger partial charge in [0.15, 0.2) is 0 Å². The Hall–Kier alpha value is -1.50. The number of aryl methyl sites for hydroxylation is 1. The van der Waals surface area contributed by atoms with Crippen LogP contribution in [0.5, 0.6) is 0 Å². The van der Waals surface area contributed by atoms with Gasteiger partial charge in [0, 0.05) is 0 Å². The van der Waals surface area contributed by atoms with E-state index in [9.17, 15) is 0 Å². The molecule has 0 saturated carbocycles. The molecule has 0 heterocycles. The van der Waals surface area contributed by atoms with Crippen molar-refractivity contribution in [1.29, 1.82) is 0 Å². The fourth-order valence-electron chi connectivity index (χ4n) is 2.50. The first-order valence-corrected chi connectivity index (χ1v) is 5.23. The highest BCUT2D eigenvalue weighted by Gasteiger charge is 2.25. The molecule has 0 saturated heterocycles. The highest BCUT2D eigenvalue weighted by Crippen LogP contribution is 2.44. The van der Waals surface area contributed by atoms with Gasteiger partial charge in [-0.05, 0) is 40.6 Å². The molecule has 0 aromatic heterocycles. The van der Waals surface area contributed by atoms with Crippen LogP contribution in [0.15, 0.2) is 42.5 Å². The van der Waals surface area contributed by atoms with Crippen LogP contribution in [0.3, 0.4) is 0 Å². The Kier molecular flexibility index (Phi) is 1.75. The summed E-state index contributed by atoms with van der Waals surface area (Å²) in [4.78, 5) is 0. The van der Waals surface area contributed by atoms with Gasteiger partial charge in [0.1, 0.15) is 0 Å². The topological polar surface area (TPSA) is 0 Å². The molecule has 0 bridgehead atoms. The zero-order chi connectivity index (χ0) is 10.4. The fourth-order valence-corrected chi connectivity index (χ4v) is 2.50. The van der Waals surface area contributed by atoms with Gasteiger partial charge in [-0.2, -0.15) is 0 Å². The van der Waals surface area contributed by atoms with Gasteiger partial charge in [0.25, 0.3) is 0 Å². The maximum atomic E-state index is 6.26. The number of hydrogen-bond donors (Lipinski definition) is 0. The third kappa shape index (κ3) is 1.09. The summed E-state index contributed by atoms with van der Waals surface area (Å²) in [6, 6.07) is 14.8. The first-order valence-electron chi connectivity index (χ1n) is 5.23. The highest BCUT2D eigenvalue weighted by molar-refractivity contribution is 6.17. The number of fused-ring (bicyclic) bond motifs is 3. The first kappa shape index (κ1) is 8.78. The molecular formula is C14H11B. The summed E-state index contributed by atoms with van der Waals surface area (Å²) in [7, 11) is 6.26. The summed E-state index contributed by atoms with van der Waals surface area (Å²) in [6.07, 6.45) is 0. The minimum atomic E-state index is 0.0531. The van der Waals surface area contributed by atoms with Gasteiger partial charge in [-0.3, -0.25) is 0 Å². The molecular weight excluding hydrogens is 179 g/mol. The summed E-state index contributed by atoms with van der Waals surface area (Å²) in [6.45, 7) is 2.13. The van der Waals surface area contributed by atoms with E-state index in [1.165, 1.54) is 27.8 Å². The second-order valence-electron chi connectivity index (χ2n) is 4.10. The van der Waals surface area contributed by atoms with Crippen LogP contribution in [-0.2, 0) is 0 Å². The van der Waals surface area contributed by atoms with Crippen LogP contribution in [0.4, 0.5) is 0 Å². The van der Waals surface area contributed by atoms with Crippen LogP contribution in [-0.4, -0.2) is 7.85 Å². The molecule has 0 N–H and O–H groups in total. The van der Waals surface area contributed by atoms with Gasteiger partial charge in [-0.15, -0.1) is 0 Å². The van der Waals surface area contributed by atoms with Crippen molar-refractivity contribution >= 4 is 7.85 Å². The van der Waals surface area contributed by atoms with Crippen LogP contribution >= 0.6 is 0 Å². The number of rotatable bonds is 0. The number of hydrogen-bond acceptors (Lipinski definition) is 0. The minimum Gasteiger partial charge on any atom is -0.0620 e. The smallest absolute Gasteiger partial charge is 0.0620 e. The van der Waals surface area contributed by atoms with E-state index < -0.39 is 0 Å². The van der Waals surface area contributed by atoms with Crippen molar-refractivity contribution in [3.05, 3.63) is 59.2 Å². The number of benzene rings is 2. The average molecular weight is 190 g/mol. The molecule has 1 atom stereocenters. The SMILES string of the molecule is [B]C1c2ccccc2-c2cccc(C)c21. The van der Waals surface area contributed by atoms with E-state index >= 15 is 0 Å². The molecule has 1 unspecified atom stereocenters. The van der Waals surface area contributed by atoms with Crippen molar-refractivity contribution in [2.75, 3.05) is 0 Å². The molecule has 0 spiro atoms. The van der Waals surface area contributed by atoms with Gasteiger partial charge in [0.05, 0.1) is 7.85 Å². The van der Waals surface area contributed by atoms with E-state index in [4.69, 9.17) is 7.85 Å². The van der Waals surface area contributed by atoms with Crippen LogP contribution in [0, 0.1) is 6.92 Å². The van der Waals surface area contributed by atoms with E-state index in [0.29, 0.717) is 0 Å². The lowest BCUT2D eigenvalue weighted by Crippen LogP contribution is -1.96. The maximum absolute atomic E-state index is 6.26. The lowest BCUT2D eigenvalue weighted by molar-refractivity contribution is 1.16. The van der Waals surface area contributed by atoms with Crippen molar-refractivity contribution in [2.45, 2.75) is 12.7 Å². The zero-order valence-corrected chi connectivity index (χ0v) is 8.70. The Labute approximate surface area is 91.4 Å². The second kappa shape index (κ2) is 3.00. The highest BCUT2D eigenvalue weighted by atomic mass is 14.3. The Morgan fingerprint density at radius 2 is 1.67 bits per heavy atom. The van der Waals surface area contributed by atoms with Gasteiger partial charge < -0.3 is 0 Å². The first-order chi connectivity index (χ1) is 7.29. The molecule has 2 aromatic carbocycles. The van der Waals surface area contributed by atoms with E-state index in [1.807, 2.05) is 0 Å². The van der Waals surface area contributed by atoms with Crippen molar-refractivity contribution in [1.82, 2.24) is 0 Å². The van der Waals surface area contributed by atoms with E-state index in [-0.39, 0.29) is 5.82 Å². The van der Waals surface area contributed by atoms with Crippen LogP contribution < -0.4 is 0 Å². The van der Waals surface area contributed by atoms with Gasteiger partial charge in [-0.1, -0.05) is 42.5 Å². The van der Waals surface area contributed by atoms with Gasteiger partial charge in [-0.25, -0.2) is 0 Å². The summed E-state index contributed by atoms with van der Waals surface area (Å²) in [5.41, 5.74) is 6.43. The van der Waals surface area contributed by atoms with Crippen molar-refractivity contribution < 1.29 is 0 Å². The Morgan fingerprint density at radius 1 is 0.933 bits per heavy atom. The molecule has 1 aliphatic carbocycles.